The third-order valence-electron chi connectivity index (χ3n) is 6.10. The first kappa shape index (κ1) is 18.0. The fourth-order valence-corrected chi connectivity index (χ4v) is 4.57. The van der Waals surface area contributed by atoms with Crippen LogP contribution in [0.3, 0.4) is 0 Å². The van der Waals surface area contributed by atoms with Crippen LogP contribution in [0.15, 0.2) is 109 Å². The Balaban J connectivity index is 1.43. The van der Waals surface area contributed by atoms with E-state index in [1.54, 1.807) is 0 Å². The number of para-hydroxylation sites is 3. The van der Waals surface area contributed by atoms with Gasteiger partial charge in [0.25, 0.3) is 0 Å². The van der Waals surface area contributed by atoms with E-state index >= 15 is 0 Å². The van der Waals surface area contributed by atoms with Crippen LogP contribution in [0.1, 0.15) is 0 Å². The van der Waals surface area contributed by atoms with E-state index in [2.05, 4.69) is 65.2 Å². The van der Waals surface area contributed by atoms with E-state index in [1.807, 2.05) is 48.7 Å². The Kier molecular flexibility index (Phi) is 3.81. The Morgan fingerprint density at radius 3 is 2.00 bits per heavy atom. The summed E-state index contributed by atoms with van der Waals surface area (Å²) in [6.45, 7) is 0. The Bertz CT molecular complexity index is 1650. The van der Waals surface area contributed by atoms with Gasteiger partial charge in [0, 0.05) is 22.4 Å². The van der Waals surface area contributed by atoms with Gasteiger partial charge >= 0.3 is 0 Å². The Labute approximate surface area is 190 Å². The van der Waals surface area contributed by atoms with Gasteiger partial charge in [-0.2, -0.15) is 0 Å². The Morgan fingerprint density at radius 1 is 0.545 bits per heavy atom. The molecule has 2 aromatic heterocycles. The summed E-state index contributed by atoms with van der Waals surface area (Å²) in [4.78, 5) is 4.76. The van der Waals surface area contributed by atoms with E-state index < -0.39 is 0 Å². The van der Waals surface area contributed by atoms with Crippen LogP contribution in [0.25, 0.3) is 38.8 Å². The molecule has 4 aromatic carbocycles. The van der Waals surface area contributed by atoms with Gasteiger partial charge in [-0.25, -0.2) is 0 Å². The van der Waals surface area contributed by atoms with Crippen LogP contribution in [0, 0.1) is 0 Å². The van der Waals surface area contributed by atoms with Crippen molar-refractivity contribution >= 4 is 21.8 Å². The third-order valence-corrected chi connectivity index (χ3v) is 6.10. The zero-order valence-corrected chi connectivity index (χ0v) is 17.6. The molecule has 7 rings (SSSR count). The van der Waals surface area contributed by atoms with Crippen molar-refractivity contribution in [1.29, 1.82) is 0 Å². The predicted molar refractivity (Wildman–Crippen MR) is 131 cm³/mol. The summed E-state index contributed by atoms with van der Waals surface area (Å²) in [6, 6.07) is 34.7. The quantitative estimate of drug-likeness (QED) is 0.284. The van der Waals surface area contributed by atoms with Crippen LogP contribution >= 0.6 is 0 Å². The lowest BCUT2D eigenvalue weighted by Gasteiger charge is -2.20. The predicted octanol–water partition coefficient (Wildman–Crippen LogP) is 7.74. The van der Waals surface area contributed by atoms with Gasteiger partial charge in [0.2, 0.25) is 0 Å². The summed E-state index contributed by atoms with van der Waals surface area (Å²) in [5, 5.41) is 2.27. The molecule has 156 valence electrons. The van der Waals surface area contributed by atoms with Gasteiger partial charge in [-0.05, 0) is 36.4 Å². The summed E-state index contributed by atoms with van der Waals surface area (Å²) in [6.07, 6.45) is 1.93. The van der Waals surface area contributed by atoms with Crippen molar-refractivity contribution in [1.82, 2.24) is 9.55 Å². The third kappa shape index (κ3) is 2.81. The summed E-state index contributed by atoms with van der Waals surface area (Å²) < 4.78 is 14.6. The molecule has 0 bridgehead atoms. The molecule has 0 aliphatic carbocycles. The summed E-state index contributed by atoms with van der Waals surface area (Å²) in [5.74, 6) is 2.88. The van der Waals surface area contributed by atoms with E-state index in [0.29, 0.717) is 5.75 Å². The van der Waals surface area contributed by atoms with Crippen LogP contribution < -0.4 is 9.47 Å². The van der Waals surface area contributed by atoms with Gasteiger partial charge in [-0.3, -0.25) is 4.98 Å². The monoisotopic (exact) mass is 426 g/mol. The zero-order valence-electron chi connectivity index (χ0n) is 17.6. The number of fused-ring (bicyclic) bond motifs is 5. The molecule has 3 heterocycles. The van der Waals surface area contributed by atoms with E-state index in [1.165, 1.54) is 0 Å². The summed E-state index contributed by atoms with van der Waals surface area (Å²) >= 11 is 0. The highest BCUT2D eigenvalue weighted by Gasteiger charge is 2.22. The molecule has 0 fully saturated rings. The molecule has 0 saturated heterocycles. The molecule has 6 aromatic rings. The topological polar surface area (TPSA) is 36.3 Å². The molecule has 4 heteroatoms. The number of hydrogen-bond donors (Lipinski definition) is 0. The average Bonchev–Trinajstić information content (AvgIpc) is 3.20. The van der Waals surface area contributed by atoms with Crippen molar-refractivity contribution in [3.8, 4) is 39.9 Å². The maximum atomic E-state index is 6.20. The fraction of sp³-hybridized carbons (Fsp3) is 0. The smallest absolute Gasteiger partial charge is 0.172 e. The van der Waals surface area contributed by atoms with Gasteiger partial charge in [-0.15, -0.1) is 0 Å². The van der Waals surface area contributed by atoms with Crippen molar-refractivity contribution in [2.45, 2.75) is 0 Å². The molecule has 0 radical (unpaired) electrons. The molecule has 0 saturated carbocycles. The molecule has 0 N–H and O–H groups in total. The Hall–Kier alpha value is -4.57. The molecular formula is C29H18N2O2. The van der Waals surface area contributed by atoms with Crippen LogP contribution in [0.2, 0.25) is 0 Å². The lowest BCUT2D eigenvalue weighted by Crippen LogP contribution is -2.00. The minimum atomic E-state index is 0.708. The first-order valence-corrected chi connectivity index (χ1v) is 10.9. The van der Waals surface area contributed by atoms with Crippen LogP contribution in [0.4, 0.5) is 0 Å². The van der Waals surface area contributed by atoms with Gasteiger partial charge in [0.1, 0.15) is 0 Å². The van der Waals surface area contributed by atoms with Crippen molar-refractivity contribution in [2.75, 3.05) is 0 Å². The molecule has 1 aliphatic heterocycles. The van der Waals surface area contributed by atoms with Crippen molar-refractivity contribution in [3.05, 3.63) is 109 Å². The molecule has 0 amide bonds. The summed E-state index contributed by atoms with van der Waals surface area (Å²) in [5.41, 5.74) is 5.21. The highest BCUT2D eigenvalue weighted by molar-refractivity contribution is 6.10. The SMILES string of the molecule is c1ccc(-c2ccc(-n3c4ccccc4c4cc5c(cc43)Oc3ccccc3O5)cn2)cc1. The molecule has 4 nitrogen and oxygen atoms in total. The van der Waals surface area contributed by atoms with Crippen LogP contribution in [-0.2, 0) is 0 Å². The lowest BCUT2D eigenvalue weighted by molar-refractivity contribution is 0.360. The normalized spacial score (nSPS) is 12.1. The van der Waals surface area contributed by atoms with Gasteiger partial charge in [0.05, 0.1) is 28.6 Å². The number of hydrogen-bond acceptors (Lipinski definition) is 3. The van der Waals surface area contributed by atoms with Crippen molar-refractivity contribution in [3.63, 3.8) is 0 Å². The summed E-state index contributed by atoms with van der Waals surface area (Å²) in [7, 11) is 0. The Morgan fingerprint density at radius 2 is 1.24 bits per heavy atom. The number of benzene rings is 4. The van der Waals surface area contributed by atoms with Crippen LogP contribution in [0.5, 0.6) is 23.0 Å². The second-order valence-corrected chi connectivity index (χ2v) is 8.09. The molecule has 0 atom stereocenters. The number of rotatable bonds is 2. The minimum Gasteiger partial charge on any atom is -0.449 e. The molecule has 0 spiro atoms. The molecular weight excluding hydrogens is 408 g/mol. The highest BCUT2D eigenvalue weighted by atomic mass is 16.6. The van der Waals surface area contributed by atoms with Gasteiger partial charge in [-0.1, -0.05) is 60.7 Å². The van der Waals surface area contributed by atoms with Crippen molar-refractivity contribution < 1.29 is 9.47 Å². The van der Waals surface area contributed by atoms with Gasteiger partial charge in [0.15, 0.2) is 23.0 Å². The standard InChI is InChI=1S/C29H18N2O2/c1-2-8-19(9-3-1)23-15-14-20(18-30-23)31-24-11-5-4-10-21(24)22-16-28-29(17-25(22)31)33-27-13-7-6-12-26(27)32-28/h1-18H. The van der Waals surface area contributed by atoms with E-state index in [9.17, 15) is 0 Å². The number of pyridine rings is 1. The second-order valence-electron chi connectivity index (χ2n) is 8.09. The average molecular weight is 426 g/mol. The molecule has 1 aliphatic rings. The fourth-order valence-electron chi connectivity index (χ4n) is 4.57. The minimum absolute atomic E-state index is 0.708. The number of ether oxygens (including phenoxy) is 2. The van der Waals surface area contributed by atoms with Crippen molar-refractivity contribution in [2.24, 2.45) is 0 Å². The largest absolute Gasteiger partial charge is 0.449 e. The lowest BCUT2D eigenvalue weighted by atomic mass is 10.1. The van der Waals surface area contributed by atoms with E-state index in [-0.39, 0.29) is 0 Å². The first-order valence-electron chi connectivity index (χ1n) is 10.9. The second kappa shape index (κ2) is 6.97. The number of aromatic nitrogens is 2. The molecule has 0 unspecified atom stereocenters. The molecule has 33 heavy (non-hydrogen) atoms. The zero-order chi connectivity index (χ0) is 21.8. The maximum Gasteiger partial charge on any atom is 0.172 e. The highest BCUT2D eigenvalue weighted by Crippen LogP contribution is 2.48. The first-order chi connectivity index (χ1) is 16.3. The number of nitrogens with zero attached hydrogens (tertiary/aromatic N) is 2. The van der Waals surface area contributed by atoms with Crippen LogP contribution in [-0.4, -0.2) is 9.55 Å². The van der Waals surface area contributed by atoms with Gasteiger partial charge < -0.3 is 14.0 Å². The van der Waals surface area contributed by atoms with E-state index in [4.69, 9.17) is 14.5 Å². The van der Waals surface area contributed by atoms with E-state index in [0.717, 1.165) is 56.0 Å². The maximum absolute atomic E-state index is 6.20.